The lowest BCUT2D eigenvalue weighted by atomic mass is 10.2. The zero-order valence-corrected chi connectivity index (χ0v) is 10.3. The van der Waals surface area contributed by atoms with Gasteiger partial charge in [0.25, 0.3) is 0 Å². The zero-order valence-electron chi connectivity index (χ0n) is 8.74. The number of anilines is 1. The Morgan fingerprint density at radius 2 is 2.33 bits per heavy atom. The maximum atomic E-state index is 5.42. The highest BCUT2D eigenvalue weighted by Gasteiger charge is 2.26. The van der Waals surface area contributed by atoms with E-state index < -0.39 is 0 Å². The molecule has 1 aromatic heterocycles. The van der Waals surface area contributed by atoms with Crippen LogP contribution < -0.4 is 5.32 Å². The summed E-state index contributed by atoms with van der Waals surface area (Å²) >= 11 is 3.37. The summed E-state index contributed by atoms with van der Waals surface area (Å²) in [5, 5.41) is 3.41. The van der Waals surface area contributed by atoms with Crippen molar-refractivity contribution in [1.82, 2.24) is 4.98 Å². The van der Waals surface area contributed by atoms with Gasteiger partial charge in [-0.1, -0.05) is 0 Å². The Morgan fingerprint density at radius 1 is 1.47 bits per heavy atom. The lowest BCUT2D eigenvalue weighted by molar-refractivity contribution is 0.101. The molecular formula is C11H15BrN2O. The molecule has 2 rings (SSSR count). The molecule has 0 radical (unpaired) electrons. The highest BCUT2D eigenvalue weighted by Crippen LogP contribution is 2.24. The molecule has 0 amide bonds. The molecule has 0 spiro atoms. The topological polar surface area (TPSA) is 34.1 Å². The van der Waals surface area contributed by atoms with Crippen molar-refractivity contribution in [3.63, 3.8) is 0 Å². The van der Waals surface area contributed by atoms with E-state index >= 15 is 0 Å². The van der Waals surface area contributed by atoms with E-state index in [2.05, 4.69) is 26.2 Å². The molecule has 15 heavy (non-hydrogen) atoms. The van der Waals surface area contributed by atoms with E-state index in [1.807, 2.05) is 12.1 Å². The molecule has 2 unspecified atom stereocenters. The Kier molecular flexibility index (Phi) is 3.59. The van der Waals surface area contributed by atoms with Crippen molar-refractivity contribution in [3.05, 3.63) is 22.8 Å². The third kappa shape index (κ3) is 2.69. The molecule has 4 heteroatoms. The SMILES string of the molecule is COC1CCCC1Nc1ccc(Br)cn1. The Bertz CT molecular complexity index is 315. The van der Waals surface area contributed by atoms with Crippen molar-refractivity contribution in [2.45, 2.75) is 31.4 Å². The molecule has 1 saturated carbocycles. The van der Waals surface area contributed by atoms with Crippen LogP contribution >= 0.6 is 15.9 Å². The molecule has 1 aromatic rings. The summed E-state index contributed by atoms with van der Waals surface area (Å²) in [4.78, 5) is 4.30. The summed E-state index contributed by atoms with van der Waals surface area (Å²) in [7, 11) is 1.78. The minimum absolute atomic E-state index is 0.329. The van der Waals surface area contributed by atoms with Gasteiger partial charge < -0.3 is 10.1 Å². The number of methoxy groups -OCH3 is 1. The number of aromatic nitrogens is 1. The van der Waals surface area contributed by atoms with Crippen LogP contribution in [0.15, 0.2) is 22.8 Å². The van der Waals surface area contributed by atoms with Crippen molar-refractivity contribution in [2.24, 2.45) is 0 Å². The van der Waals surface area contributed by atoms with Gasteiger partial charge in [0, 0.05) is 17.8 Å². The number of nitrogens with one attached hydrogen (secondary N) is 1. The van der Waals surface area contributed by atoms with Crippen molar-refractivity contribution >= 4 is 21.7 Å². The van der Waals surface area contributed by atoms with Crippen molar-refractivity contribution in [2.75, 3.05) is 12.4 Å². The first-order chi connectivity index (χ1) is 7.29. The van der Waals surface area contributed by atoms with Crippen molar-refractivity contribution < 1.29 is 4.74 Å². The fraction of sp³-hybridized carbons (Fsp3) is 0.545. The number of rotatable bonds is 3. The van der Waals surface area contributed by atoms with E-state index in [1.54, 1.807) is 13.3 Å². The van der Waals surface area contributed by atoms with E-state index in [-0.39, 0.29) is 0 Å². The van der Waals surface area contributed by atoms with E-state index in [1.165, 1.54) is 6.42 Å². The molecule has 0 aromatic carbocycles. The van der Waals surface area contributed by atoms with Gasteiger partial charge in [0.2, 0.25) is 0 Å². The lowest BCUT2D eigenvalue weighted by Gasteiger charge is -2.19. The molecule has 1 fully saturated rings. The van der Waals surface area contributed by atoms with E-state index in [0.29, 0.717) is 12.1 Å². The monoisotopic (exact) mass is 270 g/mol. The first-order valence-corrected chi connectivity index (χ1v) is 6.00. The largest absolute Gasteiger partial charge is 0.379 e. The third-order valence-corrected chi connectivity index (χ3v) is 3.29. The molecule has 1 aliphatic carbocycles. The maximum absolute atomic E-state index is 5.42. The van der Waals surface area contributed by atoms with Gasteiger partial charge >= 0.3 is 0 Å². The highest BCUT2D eigenvalue weighted by atomic mass is 79.9. The highest BCUT2D eigenvalue weighted by molar-refractivity contribution is 9.10. The predicted molar refractivity (Wildman–Crippen MR) is 64.0 cm³/mol. The number of hydrogen-bond donors (Lipinski definition) is 1. The number of halogens is 1. The molecule has 2 atom stereocenters. The van der Waals surface area contributed by atoms with Gasteiger partial charge in [0.1, 0.15) is 5.82 Å². The molecule has 0 aliphatic heterocycles. The molecule has 1 aliphatic rings. The van der Waals surface area contributed by atoms with Gasteiger partial charge in [-0.25, -0.2) is 4.98 Å². The van der Waals surface area contributed by atoms with Gasteiger partial charge in [0.15, 0.2) is 0 Å². The predicted octanol–water partition coefficient (Wildman–Crippen LogP) is 2.82. The van der Waals surface area contributed by atoms with E-state index in [0.717, 1.165) is 23.1 Å². The summed E-state index contributed by atoms with van der Waals surface area (Å²) in [6, 6.07) is 4.38. The Labute approximate surface area is 98.4 Å². The molecule has 1 N–H and O–H groups in total. The van der Waals surface area contributed by atoms with Gasteiger partial charge in [-0.15, -0.1) is 0 Å². The first kappa shape index (κ1) is 10.9. The van der Waals surface area contributed by atoms with Crippen LogP contribution in [0.3, 0.4) is 0 Å². The average Bonchev–Trinajstić information content (AvgIpc) is 2.69. The Balaban J connectivity index is 1.99. The van der Waals surface area contributed by atoms with Crippen LogP contribution in [0.2, 0.25) is 0 Å². The standard InChI is InChI=1S/C11H15BrN2O/c1-15-10-4-2-3-9(10)14-11-6-5-8(12)7-13-11/h5-7,9-10H,2-4H2,1H3,(H,13,14). The van der Waals surface area contributed by atoms with Crippen LogP contribution in [0.4, 0.5) is 5.82 Å². The van der Waals surface area contributed by atoms with Gasteiger partial charge in [-0.3, -0.25) is 0 Å². The minimum atomic E-state index is 0.329. The minimum Gasteiger partial charge on any atom is -0.379 e. The number of hydrogen-bond acceptors (Lipinski definition) is 3. The zero-order chi connectivity index (χ0) is 10.7. The summed E-state index contributed by atoms with van der Waals surface area (Å²) in [6.45, 7) is 0. The van der Waals surface area contributed by atoms with Crippen LogP contribution in [-0.2, 0) is 4.74 Å². The van der Waals surface area contributed by atoms with Gasteiger partial charge in [-0.05, 0) is 47.3 Å². The summed E-state index contributed by atoms with van der Waals surface area (Å²) in [5.74, 6) is 0.923. The van der Waals surface area contributed by atoms with Gasteiger partial charge in [0.05, 0.1) is 12.1 Å². The molecular weight excluding hydrogens is 256 g/mol. The normalized spacial score (nSPS) is 25.5. The van der Waals surface area contributed by atoms with Crippen LogP contribution in [0.1, 0.15) is 19.3 Å². The van der Waals surface area contributed by atoms with Crippen molar-refractivity contribution in [1.29, 1.82) is 0 Å². The average molecular weight is 271 g/mol. The van der Waals surface area contributed by atoms with Gasteiger partial charge in [-0.2, -0.15) is 0 Å². The molecule has 3 nitrogen and oxygen atoms in total. The second-order valence-electron chi connectivity index (χ2n) is 3.82. The van der Waals surface area contributed by atoms with E-state index in [9.17, 15) is 0 Å². The van der Waals surface area contributed by atoms with Crippen LogP contribution in [0, 0.1) is 0 Å². The summed E-state index contributed by atoms with van der Waals surface area (Å²) in [6.07, 6.45) is 5.67. The summed E-state index contributed by atoms with van der Waals surface area (Å²) in [5.41, 5.74) is 0. The summed E-state index contributed by atoms with van der Waals surface area (Å²) < 4.78 is 6.42. The van der Waals surface area contributed by atoms with E-state index in [4.69, 9.17) is 4.74 Å². The Morgan fingerprint density at radius 3 is 3.00 bits per heavy atom. The molecule has 0 saturated heterocycles. The third-order valence-electron chi connectivity index (χ3n) is 2.82. The number of pyridine rings is 1. The maximum Gasteiger partial charge on any atom is 0.126 e. The van der Waals surface area contributed by atoms with Crippen LogP contribution in [0.25, 0.3) is 0 Å². The molecule has 82 valence electrons. The Hall–Kier alpha value is -0.610. The second kappa shape index (κ2) is 4.94. The fourth-order valence-corrected chi connectivity index (χ4v) is 2.26. The smallest absolute Gasteiger partial charge is 0.126 e. The quantitative estimate of drug-likeness (QED) is 0.917. The van der Waals surface area contributed by atoms with Crippen LogP contribution in [-0.4, -0.2) is 24.2 Å². The second-order valence-corrected chi connectivity index (χ2v) is 4.73. The molecule has 0 bridgehead atoms. The lowest BCUT2D eigenvalue weighted by Crippen LogP contribution is -2.29. The van der Waals surface area contributed by atoms with Crippen LogP contribution in [0.5, 0.6) is 0 Å². The van der Waals surface area contributed by atoms with Crippen molar-refractivity contribution in [3.8, 4) is 0 Å². The number of ether oxygens (including phenoxy) is 1. The first-order valence-electron chi connectivity index (χ1n) is 5.20. The molecule has 1 heterocycles. The number of nitrogens with zero attached hydrogens (tertiary/aromatic N) is 1. The fourth-order valence-electron chi connectivity index (χ4n) is 2.02.